The molecular weight excluding hydrogens is 496 g/mol. The van der Waals surface area contributed by atoms with E-state index in [1.807, 2.05) is 63.2 Å². The zero-order valence-corrected chi connectivity index (χ0v) is 22.9. The predicted molar refractivity (Wildman–Crippen MR) is 139 cm³/mol. The molecule has 0 aliphatic heterocycles. The maximum Gasteiger partial charge on any atom is 0.261 e. The van der Waals surface area contributed by atoms with E-state index in [1.54, 1.807) is 12.0 Å². The van der Waals surface area contributed by atoms with Crippen LogP contribution in [0.2, 0.25) is 0 Å². The first-order valence-corrected chi connectivity index (χ1v) is 12.4. The molecule has 0 bridgehead atoms. The summed E-state index contributed by atoms with van der Waals surface area (Å²) in [6, 6.07) is 12.8. The standard InChI is InChI=1S/C27H37BrN2O4/c1-8-23(26(32)29-18(2)3)30(16-19-10-9-11-21(14-19)33-7)25(31)17-34-24-13-12-20(15-22(24)28)27(4,5)6/h9-15,18,23H,8,16-17H2,1-7H3,(H,29,32). The largest absolute Gasteiger partial charge is 0.497 e. The van der Waals surface area contributed by atoms with E-state index in [0.717, 1.165) is 15.6 Å². The molecule has 2 rings (SSSR count). The Morgan fingerprint density at radius 1 is 1.12 bits per heavy atom. The van der Waals surface area contributed by atoms with Gasteiger partial charge >= 0.3 is 0 Å². The van der Waals surface area contributed by atoms with Crippen LogP contribution < -0.4 is 14.8 Å². The highest BCUT2D eigenvalue weighted by molar-refractivity contribution is 9.10. The normalized spacial score (nSPS) is 12.3. The van der Waals surface area contributed by atoms with E-state index in [4.69, 9.17) is 9.47 Å². The van der Waals surface area contributed by atoms with Crippen molar-refractivity contribution in [3.05, 3.63) is 58.1 Å². The van der Waals surface area contributed by atoms with Gasteiger partial charge < -0.3 is 19.7 Å². The smallest absolute Gasteiger partial charge is 0.261 e. The lowest BCUT2D eigenvalue weighted by atomic mass is 9.87. The summed E-state index contributed by atoms with van der Waals surface area (Å²) in [7, 11) is 1.60. The summed E-state index contributed by atoms with van der Waals surface area (Å²) in [6.45, 7) is 12.2. The maximum atomic E-state index is 13.4. The van der Waals surface area contributed by atoms with E-state index in [9.17, 15) is 9.59 Å². The Morgan fingerprint density at radius 3 is 2.38 bits per heavy atom. The van der Waals surface area contributed by atoms with Crippen molar-refractivity contribution in [3.8, 4) is 11.5 Å². The van der Waals surface area contributed by atoms with Crippen LogP contribution in [0.25, 0.3) is 0 Å². The monoisotopic (exact) mass is 532 g/mol. The maximum absolute atomic E-state index is 13.4. The minimum Gasteiger partial charge on any atom is -0.497 e. The molecule has 6 nitrogen and oxygen atoms in total. The molecule has 1 unspecified atom stereocenters. The molecule has 7 heteroatoms. The molecule has 1 atom stereocenters. The fourth-order valence-corrected chi connectivity index (χ4v) is 4.07. The first kappa shape index (κ1) is 27.7. The van der Waals surface area contributed by atoms with Crippen molar-refractivity contribution in [1.29, 1.82) is 0 Å². The molecule has 0 heterocycles. The van der Waals surface area contributed by atoms with Crippen LogP contribution in [0.3, 0.4) is 0 Å². The molecule has 2 amide bonds. The number of nitrogens with one attached hydrogen (secondary N) is 1. The third-order valence-corrected chi connectivity index (χ3v) is 6.07. The number of hydrogen-bond acceptors (Lipinski definition) is 4. The van der Waals surface area contributed by atoms with Crippen molar-refractivity contribution in [2.75, 3.05) is 13.7 Å². The lowest BCUT2D eigenvalue weighted by Crippen LogP contribution is -2.51. The lowest BCUT2D eigenvalue weighted by molar-refractivity contribution is -0.143. The number of methoxy groups -OCH3 is 1. The van der Waals surface area contributed by atoms with Crippen LogP contribution in [0.15, 0.2) is 46.9 Å². The molecule has 0 aliphatic rings. The van der Waals surface area contributed by atoms with E-state index in [0.29, 0.717) is 17.9 Å². The second-order valence-electron chi connectivity index (χ2n) is 9.64. The number of amides is 2. The fourth-order valence-electron chi connectivity index (χ4n) is 3.57. The van der Waals surface area contributed by atoms with Gasteiger partial charge in [0.1, 0.15) is 17.5 Å². The number of halogens is 1. The van der Waals surface area contributed by atoms with Crippen molar-refractivity contribution in [2.24, 2.45) is 0 Å². The number of carbonyl (C=O) groups is 2. The van der Waals surface area contributed by atoms with Gasteiger partial charge in [0.15, 0.2) is 6.61 Å². The number of carbonyl (C=O) groups excluding carboxylic acids is 2. The zero-order chi connectivity index (χ0) is 25.5. The van der Waals surface area contributed by atoms with Crippen LogP contribution in [0.4, 0.5) is 0 Å². The first-order valence-electron chi connectivity index (χ1n) is 11.6. The van der Waals surface area contributed by atoms with E-state index < -0.39 is 6.04 Å². The van der Waals surface area contributed by atoms with Crippen molar-refractivity contribution in [3.63, 3.8) is 0 Å². The molecule has 186 valence electrons. The summed E-state index contributed by atoms with van der Waals surface area (Å²) < 4.78 is 12.0. The summed E-state index contributed by atoms with van der Waals surface area (Å²) >= 11 is 3.56. The van der Waals surface area contributed by atoms with Gasteiger partial charge in [-0.15, -0.1) is 0 Å². The Kier molecular flexibility index (Phi) is 9.98. The molecule has 0 fully saturated rings. The van der Waals surface area contributed by atoms with Crippen LogP contribution in [0, 0.1) is 0 Å². The quantitative estimate of drug-likeness (QED) is 0.440. The number of nitrogens with zero attached hydrogens (tertiary/aromatic N) is 1. The topological polar surface area (TPSA) is 67.9 Å². The highest BCUT2D eigenvalue weighted by Crippen LogP contribution is 2.31. The lowest BCUT2D eigenvalue weighted by Gasteiger charge is -2.31. The van der Waals surface area contributed by atoms with Crippen LogP contribution in [0.5, 0.6) is 11.5 Å². The van der Waals surface area contributed by atoms with Gasteiger partial charge in [0.05, 0.1) is 11.6 Å². The van der Waals surface area contributed by atoms with Gasteiger partial charge in [-0.1, -0.05) is 45.9 Å². The Morgan fingerprint density at radius 2 is 1.82 bits per heavy atom. The van der Waals surface area contributed by atoms with Crippen molar-refractivity contribution >= 4 is 27.7 Å². The summed E-state index contributed by atoms with van der Waals surface area (Å²) in [4.78, 5) is 27.9. The summed E-state index contributed by atoms with van der Waals surface area (Å²) in [6.07, 6.45) is 0.484. The van der Waals surface area contributed by atoms with E-state index in [-0.39, 0.29) is 36.4 Å². The highest BCUT2D eigenvalue weighted by atomic mass is 79.9. The highest BCUT2D eigenvalue weighted by Gasteiger charge is 2.29. The Bertz CT molecular complexity index is 985. The molecule has 0 spiro atoms. The van der Waals surface area contributed by atoms with E-state index in [1.165, 1.54) is 0 Å². The van der Waals surface area contributed by atoms with Gasteiger partial charge in [0.25, 0.3) is 5.91 Å². The molecule has 34 heavy (non-hydrogen) atoms. The van der Waals surface area contributed by atoms with Gasteiger partial charge in [-0.05, 0) is 77.0 Å². The molecule has 0 saturated heterocycles. The number of ether oxygens (including phenoxy) is 2. The van der Waals surface area contributed by atoms with Crippen LogP contribution in [-0.2, 0) is 21.5 Å². The van der Waals surface area contributed by atoms with Crippen molar-refractivity contribution in [1.82, 2.24) is 10.2 Å². The number of rotatable bonds is 10. The number of benzene rings is 2. The second-order valence-corrected chi connectivity index (χ2v) is 10.5. The molecule has 1 N–H and O–H groups in total. The van der Waals surface area contributed by atoms with Crippen LogP contribution in [-0.4, -0.2) is 42.5 Å². The van der Waals surface area contributed by atoms with Crippen molar-refractivity contribution in [2.45, 2.75) is 72.0 Å². The predicted octanol–water partition coefficient (Wildman–Crippen LogP) is 5.47. The SMILES string of the molecule is CCC(C(=O)NC(C)C)N(Cc1cccc(OC)c1)C(=O)COc1ccc(C(C)(C)C)cc1Br. The van der Waals surface area contributed by atoms with Gasteiger partial charge in [-0.2, -0.15) is 0 Å². The number of hydrogen-bond donors (Lipinski definition) is 1. The molecule has 0 aromatic heterocycles. The minimum atomic E-state index is -0.614. The molecule has 0 saturated carbocycles. The summed E-state index contributed by atoms with van der Waals surface area (Å²) in [5.74, 6) is 0.843. The third-order valence-electron chi connectivity index (χ3n) is 5.45. The molecule has 2 aromatic rings. The average molecular weight is 534 g/mol. The van der Waals surface area contributed by atoms with Crippen molar-refractivity contribution < 1.29 is 19.1 Å². The van der Waals surface area contributed by atoms with Gasteiger partial charge in [-0.3, -0.25) is 9.59 Å². The first-order chi connectivity index (χ1) is 16.0. The van der Waals surface area contributed by atoms with Crippen LogP contribution in [0.1, 0.15) is 59.1 Å². The van der Waals surface area contributed by atoms with Crippen LogP contribution >= 0.6 is 15.9 Å². The van der Waals surface area contributed by atoms with Gasteiger partial charge in [0, 0.05) is 12.6 Å². The summed E-state index contributed by atoms with van der Waals surface area (Å²) in [5, 5.41) is 2.93. The summed E-state index contributed by atoms with van der Waals surface area (Å²) in [5.41, 5.74) is 2.04. The minimum absolute atomic E-state index is 0.00251. The average Bonchev–Trinajstić information content (AvgIpc) is 2.76. The molecule has 2 aromatic carbocycles. The van der Waals surface area contributed by atoms with E-state index in [2.05, 4.69) is 42.0 Å². The van der Waals surface area contributed by atoms with Gasteiger partial charge in [0.2, 0.25) is 5.91 Å². The Labute approximate surface area is 212 Å². The Hall–Kier alpha value is -2.54. The second kappa shape index (κ2) is 12.2. The van der Waals surface area contributed by atoms with Gasteiger partial charge in [-0.25, -0.2) is 0 Å². The zero-order valence-electron chi connectivity index (χ0n) is 21.3. The molecule has 0 radical (unpaired) electrons. The Balaban J connectivity index is 2.26. The molecule has 0 aliphatic carbocycles. The fraction of sp³-hybridized carbons (Fsp3) is 0.481. The van der Waals surface area contributed by atoms with E-state index >= 15 is 0 Å². The molecular formula is C27H37BrN2O4. The third kappa shape index (κ3) is 7.76.